The van der Waals surface area contributed by atoms with Gasteiger partial charge in [0.05, 0.1) is 22.4 Å². The fourth-order valence-corrected chi connectivity index (χ4v) is 3.16. The number of nitrogens with zero attached hydrogens (tertiary/aromatic N) is 5. The van der Waals surface area contributed by atoms with Crippen LogP contribution >= 0.6 is 11.6 Å². The highest BCUT2D eigenvalue weighted by atomic mass is 35.5. The van der Waals surface area contributed by atoms with E-state index in [1.807, 2.05) is 43.3 Å². The van der Waals surface area contributed by atoms with E-state index in [0.29, 0.717) is 22.1 Å². The van der Waals surface area contributed by atoms with Crippen LogP contribution in [0.3, 0.4) is 0 Å². The van der Waals surface area contributed by atoms with Gasteiger partial charge in [0.1, 0.15) is 5.69 Å². The van der Waals surface area contributed by atoms with E-state index in [4.69, 9.17) is 11.6 Å². The molecule has 0 aliphatic rings. The smallest absolute Gasteiger partial charge is 0.274 e. The number of rotatable bonds is 5. The lowest BCUT2D eigenvalue weighted by Gasteiger charge is -2.14. The van der Waals surface area contributed by atoms with E-state index >= 15 is 0 Å². The van der Waals surface area contributed by atoms with Gasteiger partial charge >= 0.3 is 0 Å². The monoisotopic (exact) mass is 404 g/mol. The maximum absolute atomic E-state index is 13.0. The fraction of sp³-hybridized carbons (Fsp3) is 0.0952. The Bertz CT molecular complexity index is 1130. The molecule has 1 atom stereocenters. The van der Waals surface area contributed by atoms with E-state index in [2.05, 4.69) is 25.6 Å². The highest BCUT2D eigenvalue weighted by molar-refractivity contribution is 6.32. The summed E-state index contributed by atoms with van der Waals surface area (Å²) in [5.74, 6) is -0.361. The van der Waals surface area contributed by atoms with Gasteiger partial charge in [0.2, 0.25) is 0 Å². The van der Waals surface area contributed by atoms with Crippen molar-refractivity contribution < 1.29 is 4.79 Å². The molecule has 144 valence electrons. The Labute approximate surface area is 172 Å². The molecule has 29 heavy (non-hydrogen) atoms. The molecule has 8 heteroatoms. The first-order chi connectivity index (χ1) is 14.1. The average Bonchev–Trinajstić information content (AvgIpc) is 3.20. The van der Waals surface area contributed by atoms with Crippen LogP contribution in [0.5, 0.6) is 0 Å². The molecule has 0 aliphatic heterocycles. The maximum atomic E-state index is 13.0. The molecule has 1 N–H and O–H groups in total. The number of hydrogen-bond donors (Lipinski definition) is 1. The molecule has 0 aliphatic carbocycles. The normalized spacial score (nSPS) is 11.8. The summed E-state index contributed by atoms with van der Waals surface area (Å²) in [6.07, 6.45) is 5.05. The Morgan fingerprint density at radius 1 is 1.07 bits per heavy atom. The minimum absolute atomic E-state index is 0.166. The van der Waals surface area contributed by atoms with Crippen LogP contribution in [0, 0.1) is 0 Å². The number of benzene rings is 1. The quantitative estimate of drug-likeness (QED) is 0.545. The number of hydrogen-bond acceptors (Lipinski definition) is 5. The number of halogens is 1. The molecule has 3 heterocycles. The zero-order valence-corrected chi connectivity index (χ0v) is 16.3. The predicted molar refractivity (Wildman–Crippen MR) is 110 cm³/mol. The summed E-state index contributed by atoms with van der Waals surface area (Å²) in [5, 5.41) is 11.8. The van der Waals surface area contributed by atoms with Crippen molar-refractivity contribution >= 4 is 17.5 Å². The third-order valence-electron chi connectivity index (χ3n) is 4.41. The van der Waals surface area contributed by atoms with Gasteiger partial charge in [0.15, 0.2) is 5.69 Å². The van der Waals surface area contributed by atoms with Gasteiger partial charge in [-0.05, 0) is 42.8 Å². The highest BCUT2D eigenvalue weighted by Crippen LogP contribution is 2.27. The minimum Gasteiger partial charge on any atom is -0.344 e. The molecule has 0 saturated carbocycles. The van der Waals surface area contributed by atoms with Crippen LogP contribution in [0.2, 0.25) is 5.02 Å². The van der Waals surface area contributed by atoms with E-state index in [0.717, 1.165) is 5.56 Å². The molecular weight excluding hydrogens is 388 g/mol. The number of pyridine rings is 2. The van der Waals surface area contributed by atoms with Crippen molar-refractivity contribution in [3.63, 3.8) is 0 Å². The van der Waals surface area contributed by atoms with Gasteiger partial charge in [0, 0.05) is 18.6 Å². The Morgan fingerprint density at radius 3 is 2.62 bits per heavy atom. The molecule has 4 rings (SSSR count). The summed E-state index contributed by atoms with van der Waals surface area (Å²) in [4.78, 5) is 21.5. The zero-order valence-electron chi connectivity index (χ0n) is 15.5. The average molecular weight is 405 g/mol. The van der Waals surface area contributed by atoms with Crippen LogP contribution in [0.15, 0.2) is 73.2 Å². The standard InChI is InChI=1S/C21H17ClN6O/c1-14(15-7-6-11-23-13-15)25-21(29)19-20(17-9-4-5-12-24-17)28(27-26-19)18-10-3-2-8-16(18)22/h2-14H,1H3,(H,25,29)/t14-/m1/s1. The zero-order chi connectivity index (χ0) is 20.2. The van der Waals surface area contributed by atoms with Crippen LogP contribution in [0.4, 0.5) is 0 Å². The van der Waals surface area contributed by atoms with E-state index in [9.17, 15) is 4.79 Å². The van der Waals surface area contributed by atoms with E-state index in [1.54, 1.807) is 36.8 Å². The Balaban J connectivity index is 1.76. The largest absolute Gasteiger partial charge is 0.344 e. The topological polar surface area (TPSA) is 85.6 Å². The number of carbonyl (C=O) groups is 1. The molecule has 0 fully saturated rings. The van der Waals surface area contributed by atoms with Crippen LogP contribution in [0.1, 0.15) is 29.0 Å². The predicted octanol–water partition coefficient (Wildman–Crippen LogP) is 3.87. The summed E-state index contributed by atoms with van der Waals surface area (Å²) >= 11 is 6.35. The van der Waals surface area contributed by atoms with Crippen molar-refractivity contribution in [3.8, 4) is 17.1 Å². The summed E-state index contributed by atoms with van der Waals surface area (Å²) in [5.41, 5.74) is 2.70. The van der Waals surface area contributed by atoms with Gasteiger partial charge in [-0.2, -0.15) is 0 Å². The molecular formula is C21H17ClN6O. The molecule has 1 aromatic carbocycles. The Hall–Kier alpha value is -3.58. The molecule has 0 bridgehead atoms. The van der Waals surface area contributed by atoms with Crippen LogP contribution in [-0.4, -0.2) is 30.9 Å². The second-order valence-corrected chi connectivity index (χ2v) is 6.75. The molecule has 7 nitrogen and oxygen atoms in total. The van der Waals surface area contributed by atoms with E-state index in [-0.39, 0.29) is 17.6 Å². The first-order valence-electron chi connectivity index (χ1n) is 8.98. The lowest BCUT2D eigenvalue weighted by molar-refractivity contribution is 0.0935. The number of nitrogens with one attached hydrogen (secondary N) is 1. The Morgan fingerprint density at radius 2 is 1.90 bits per heavy atom. The summed E-state index contributed by atoms with van der Waals surface area (Å²) in [6, 6.07) is 16.1. The van der Waals surface area contributed by atoms with Gasteiger partial charge < -0.3 is 5.32 Å². The SMILES string of the molecule is C[C@@H](NC(=O)c1nnn(-c2ccccc2Cl)c1-c1ccccn1)c1cccnc1. The second-order valence-electron chi connectivity index (χ2n) is 6.35. The van der Waals surface area contributed by atoms with Gasteiger partial charge in [0.25, 0.3) is 5.91 Å². The van der Waals surface area contributed by atoms with Crippen molar-refractivity contribution in [2.45, 2.75) is 13.0 Å². The molecule has 1 amide bonds. The second kappa shape index (κ2) is 8.20. The fourth-order valence-electron chi connectivity index (χ4n) is 2.94. The number of amides is 1. The molecule has 0 radical (unpaired) electrons. The third-order valence-corrected chi connectivity index (χ3v) is 4.73. The minimum atomic E-state index is -0.361. The van der Waals surface area contributed by atoms with Crippen LogP contribution in [0.25, 0.3) is 17.1 Å². The number of carbonyl (C=O) groups excluding carboxylic acids is 1. The van der Waals surface area contributed by atoms with Crippen molar-refractivity contribution in [2.75, 3.05) is 0 Å². The summed E-state index contributed by atoms with van der Waals surface area (Å²) in [7, 11) is 0. The summed E-state index contributed by atoms with van der Waals surface area (Å²) < 4.78 is 1.54. The van der Waals surface area contributed by atoms with E-state index in [1.165, 1.54) is 4.68 Å². The molecule has 0 unspecified atom stereocenters. The molecule has 4 aromatic rings. The third kappa shape index (κ3) is 3.86. The summed E-state index contributed by atoms with van der Waals surface area (Å²) in [6.45, 7) is 1.88. The molecule has 3 aromatic heterocycles. The van der Waals surface area contributed by atoms with Crippen LogP contribution < -0.4 is 5.32 Å². The number of para-hydroxylation sites is 1. The Kier molecular flexibility index (Phi) is 5.31. The van der Waals surface area contributed by atoms with Gasteiger partial charge in [-0.25, -0.2) is 4.68 Å². The van der Waals surface area contributed by atoms with Crippen molar-refractivity contribution in [1.82, 2.24) is 30.3 Å². The van der Waals surface area contributed by atoms with Crippen LogP contribution in [-0.2, 0) is 0 Å². The lowest BCUT2D eigenvalue weighted by Crippen LogP contribution is -2.27. The maximum Gasteiger partial charge on any atom is 0.274 e. The van der Waals surface area contributed by atoms with E-state index < -0.39 is 0 Å². The lowest BCUT2D eigenvalue weighted by atomic mass is 10.1. The first kappa shape index (κ1) is 18.8. The van der Waals surface area contributed by atoms with Gasteiger partial charge in [-0.15, -0.1) is 5.10 Å². The van der Waals surface area contributed by atoms with Crippen molar-refractivity contribution in [3.05, 3.63) is 89.5 Å². The van der Waals surface area contributed by atoms with Crippen molar-refractivity contribution in [1.29, 1.82) is 0 Å². The molecule has 0 saturated heterocycles. The van der Waals surface area contributed by atoms with Gasteiger partial charge in [-0.1, -0.05) is 41.1 Å². The first-order valence-corrected chi connectivity index (χ1v) is 9.35. The van der Waals surface area contributed by atoms with Crippen molar-refractivity contribution in [2.24, 2.45) is 0 Å². The van der Waals surface area contributed by atoms with Gasteiger partial charge in [-0.3, -0.25) is 14.8 Å². The number of aromatic nitrogens is 5. The highest BCUT2D eigenvalue weighted by Gasteiger charge is 2.25. The molecule has 0 spiro atoms.